The van der Waals surface area contributed by atoms with Crippen molar-refractivity contribution in [2.75, 3.05) is 6.54 Å². The molecule has 0 radical (unpaired) electrons. The SMILES string of the molecule is CC(C)C(NC(=O)C1CCCN1C(=O)C(NC(=O)C(N)CC(=O)O)C(C)O)C(=O)O. The molecule has 12 heteroatoms. The van der Waals surface area contributed by atoms with Crippen LogP contribution in [0, 0.1) is 5.92 Å². The maximum atomic E-state index is 12.9. The third kappa shape index (κ3) is 6.66. The van der Waals surface area contributed by atoms with Crippen LogP contribution in [0.1, 0.15) is 40.0 Å². The lowest BCUT2D eigenvalue weighted by Crippen LogP contribution is -2.60. The van der Waals surface area contributed by atoms with E-state index in [0.717, 1.165) is 0 Å². The molecule has 170 valence electrons. The highest BCUT2D eigenvalue weighted by Crippen LogP contribution is 2.20. The van der Waals surface area contributed by atoms with E-state index in [4.69, 9.17) is 10.8 Å². The van der Waals surface area contributed by atoms with Gasteiger partial charge in [-0.25, -0.2) is 4.79 Å². The molecule has 0 spiro atoms. The second kappa shape index (κ2) is 10.9. The van der Waals surface area contributed by atoms with Gasteiger partial charge in [-0.15, -0.1) is 0 Å². The van der Waals surface area contributed by atoms with Gasteiger partial charge in [0, 0.05) is 6.54 Å². The molecule has 0 aromatic heterocycles. The Morgan fingerprint density at radius 1 is 1.07 bits per heavy atom. The van der Waals surface area contributed by atoms with Crippen LogP contribution in [-0.2, 0) is 24.0 Å². The summed E-state index contributed by atoms with van der Waals surface area (Å²) in [6.07, 6.45) is -1.23. The van der Waals surface area contributed by atoms with Gasteiger partial charge >= 0.3 is 11.9 Å². The van der Waals surface area contributed by atoms with Crippen LogP contribution >= 0.6 is 0 Å². The highest BCUT2D eigenvalue weighted by Gasteiger charge is 2.40. The Morgan fingerprint density at radius 3 is 2.13 bits per heavy atom. The van der Waals surface area contributed by atoms with Crippen molar-refractivity contribution in [1.82, 2.24) is 15.5 Å². The largest absolute Gasteiger partial charge is 0.481 e. The Kier molecular flexibility index (Phi) is 9.18. The lowest BCUT2D eigenvalue weighted by Gasteiger charge is -2.31. The van der Waals surface area contributed by atoms with Gasteiger partial charge in [0.1, 0.15) is 18.1 Å². The summed E-state index contributed by atoms with van der Waals surface area (Å²) in [5.74, 6) is -5.18. The molecule has 0 saturated carbocycles. The molecule has 1 rings (SSSR count). The number of carbonyl (C=O) groups is 5. The first-order chi connectivity index (χ1) is 13.9. The number of carbonyl (C=O) groups excluding carboxylic acids is 3. The fourth-order valence-electron chi connectivity index (χ4n) is 3.17. The van der Waals surface area contributed by atoms with Gasteiger partial charge < -0.3 is 36.6 Å². The number of carboxylic acids is 2. The van der Waals surface area contributed by atoms with Crippen LogP contribution in [0.25, 0.3) is 0 Å². The molecule has 1 aliphatic rings. The minimum absolute atomic E-state index is 0.177. The lowest BCUT2D eigenvalue weighted by molar-refractivity contribution is -0.146. The molecule has 1 aliphatic heterocycles. The van der Waals surface area contributed by atoms with Crippen molar-refractivity contribution in [3.05, 3.63) is 0 Å². The predicted octanol–water partition coefficient (Wildman–Crippen LogP) is -2.13. The number of aliphatic hydroxyl groups excluding tert-OH is 1. The molecule has 30 heavy (non-hydrogen) atoms. The summed E-state index contributed by atoms with van der Waals surface area (Å²) in [6, 6.07) is -4.94. The van der Waals surface area contributed by atoms with E-state index >= 15 is 0 Å². The molecule has 0 aromatic carbocycles. The molecule has 3 amide bonds. The Hall–Kier alpha value is -2.73. The highest BCUT2D eigenvalue weighted by atomic mass is 16.4. The topological polar surface area (TPSA) is 199 Å². The van der Waals surface area contributed by atoms with Crippen molar-refractivity contribution in [3.63, 3.8) is 0 Å². The van der Waals surface area contributed by atoms with E-state index in [9.17, 15) is 34.2 Å². The maximum absolute atomic E-state index is 12.9. The first-order valence-electron chi connectivity index (χ1n) is 9.66. The second-order valence-corrected chi connectivity index (χ2v) is 7.69. The van der Waals surface area contributed by atoms with Gasteiger partial charge in [-0.1, -0.05) is 13.8 Å². The number of nitrogens with zero attached hydrogens (tertiary/aromatic N) is 1. The van der Waals surface area contributed by atoms with Crippen molar-refractivity contribution >= 4 is 29.7 Å². The monoisotopic (exact) mass is 430 g/mol. The van der Waals surface area contributed by atoms with E-state index in [2.05, 4.69) is 10.6 Å². The van der Waals surface area contributed by atoms with Crippen LogP contribution in [-0.4, -0.2) is 86.7 Å². The van der Waals surface area contributed by atoms with E-state index in [1.165, 1.54) is 11.8 Å². The Balaban J connectivity index is 2.93. The van der Waals surface area contributed by atoms with Crippen molar-refractivity contribution in [2.24, 2.45) is 11.7 Å². The minimum atomic E-state index is -1.44. The average molecular weight is 430 g/mol. The van der Waals surface area contributed by atoms with Crippen molar-refractivity contribution < 1.29 is 39.3 Å². The number of aliphatic hydroxyl groups is 1. The van der Waals surface area contributed by atoms with E-state index in [0.29, 0.717) is 12.8 Å². The van der Waals surface area contributed by atoms with Gasteiger partial charge in [0.05, 0.1) is 18.6 Å². The summed E-state index contributed by atoms with van der Waals surface area (Å²) in [4.78, 5) is 60.9. The summed E-state index contributed by atoms with van der Waals surface area (Å²) >= 11 is 0. The van der Waals surface area contributed by atoms with Gasteiger partial charge in [0.15, 0.2) is 0 Å². The summed E-state index contributed by atoms with van der Waals surface area (Å²) in [6.45, 7) is 4.71. The quantitative estimate of drug-likeness (QED) is 0.224. The van der Waals surface area contributed by atoms with Crippen LogP contribution in [0.5, 0.6) is 0 Å². The van der Waals surface area contributed by atoms with Crippen LogP contribution in [0.15, 0.2) is 0 Å². The summed E-state index contributed by atoms with van der Waals surface area (Å²) in [5.41, 5.74) is 5.49. The predicted molar refractivity (Wildman–Crippen MR) is 103 cm³/mol. The van der Waals surface area contributed by atoms with Crippen LogP contribution < -0.4 is 16.4 Å². The fraction of sp³-hybridized carbons (Fsp3) is 0.722. The fourth-order valence-corrected chi connectivity index (χ4v) is 3.17. The first kappa shape index (κ1) is 25.3. The third-order valence-corrected chi connectivity index (χ3v) is 4.85. The highest BCUT2D eigenvalue weighted by molar-refractivity contribution is 5.95. The van der Waals surface area contributed by atoms with Gasteiger partial charge in [0.25, 0.3) is 0 Å². The number of carboxylic acid groups (broad SMARTS) is 2. The Labute approximate surface area is 173 Å². The van der Waals surface area contributed by atoms with Gasteiger partial charge in [-0.3, -0.25) is 19.2 Å². The zero-order valence-corrected chi connectivity index (χ0v) is 17.2. The molecule has 12 nitrogen and oxygen atoms in total. The molecular weight excluding hydrogens is 400 g/mol. The minimum Gasteiger partial charge on any atom is -0.481 e. The van der Waals surface area contributed by atoms with E-state index in [1.54, 1.807) is 13.8 Å². The second-order valence-electron chi connectivity index (χ2n) is 7.69. The van der Waals surface area contributed by atoms with Gasteiger partial charge in [-0.2, -0.15) is 0 Å². The molecule has 1 saturated heterocycles. The smallest absolute Gasteiger partial charge is 0.326 e. The van der Waals surface area contributed by atoms with Crippen molar-refractivity contribution in [3.8, 4) is 0 Å². The zero-order valence-electron chi connectivity index (χ0n) is 17.2. The standard InChI is InChI=1S/C18H30N4O8/c1-8(2)13(18(29)30)20-16(27)11-5-4-6-22(11)17(28)14(9(3)23)21-15(26)10(19)7-12(24)25/h8-11,13-14,23H,4-7,19H2,1-3H3,(H,20,27)(H,21,26)(H,24,25)(H,29,30). The summed E-state index contributed by atoms with van der Waals surface area (Å²) < 4.78 is 0. The maximum Gasteiger partial charge on any atom is 0.326 e. The molecule has 5 unspecified atom stereocenters. The number of amides is 3. The number of hydrogen-bond acceptors (Lipinski definition) is 7. The molecule has 5 atom stereocenters. The zero-order chi connectivity index (χ0) is 23.2. The first-order valence-corrected chi connectivity index (χ1v) is 9.66. The molecule has 0 aliphatic carbocycles. The molecule has 0 bridgehead atoms. The number of aliphatic carboxylic acids is 2. The molecule has 0 aromatic rings. The van der Waals surface area contributed by atoms with Crippen molar-refractivity contribution in [1.29, 1.82) is 0 Å². The third-order valence-electron chi connectivity index (χ3n) is 4.85. The number of nitrogens with one attached hydrogen (secondary N) is 2. The molecular formula is C18H30N4O8. The normalized spacial score (nSPS) is 20.2. The number of rotatable bonds is 10. The van der Waals surface area contributed by atoms with Crippen LogP contribution in [0.3, 0.4) is 0 Å². The Bertz CT molecular complexity index is 681. The summed E-state index contributed by atoms with van der Waals surface area (Å²) in [7, 11) is 0. The molecule has 1 fully saturated rings. The molecule has 1 heterocycles. The number of nitrogens with two attached hydrogens (primary N) is 1. The average Bonchev–Trinajstić information content (AvgIpc) is 3.11. The van der Waals surface area contributed by atoms with Gasteiger partial charge in [0.2, 0.25) is 17.7 Å². The Morgan fingerprint density at radius 2 is 1.67 bits per heavy atom. The van der Waals surface area contributed by atoms with E-state index < -0.39 is 66.4 Å². The summed E-state index contributed by atoms with van der Waals surface area (Å²) in [5, 5.41) is 32.6. The van der Waals surface area contributed by atoms with Crippen LogP contribution in [0.2, 0.25) is 0 Å². The van der Waals surface area contributed by atoms with Gasteiger partial charge in [-0.05, 0) is 25.7 Å². The number of hydrogen-bond donors (Lipinski definition) is 6. The van der Waals surface area contributed by atoms with E-state index in [1.807, 2.05) is 0 Å². The lowest BCUT2D eigenvalue weighted by atomic mass is 10.0. The van der Waals surface area contributed by atoms with Crippen molar-refractivity contribution in [2.45, 2.75) is 70.3 Å². The molecule has 7 N–H and O–H groups in total. The number of likely N-dealkylation sites (tertiary alicyclic amines) is 1. The van der Waals surface area contributed by atoms with E-state index in [-0.39, 0.29) is 12.5 Å². The van der Waals surface area contributed by atoms with Crippen LogP contribution in [0.4, 0.5) is 0 Å².